The number of pyridine rings is 2. The molecule has 0 saturated heterocycles. The maximum atomic E-state index is 5.24. The van der Waals surface area contributed by atoms with Crippen molar-refractivity contribution in [2.45, 2.75) is 0 Å². The Morgan fingerprint density at radius 2 is 0.541 bits per heavy atom. The molecule has 0 spiro atoms. The quantitative estimate of drug-likeness (QED) is 0.112. The van der Waals surface area contributed by atoms with Gasteiger partial charge in [-0.05, 0) is 184 Å². The van der Waals surface area contributed by atoms with Gasteiger partial charge in [-0.3, -0.25) is 9.97 Å². The summed E-state index contributed by atoms with van der Waals surface area (Å²) in [5.74, 6) is 0. The van der Waals surface area contributed by atoms with Gasteiger partial charge in [0.15, 0.2) is 0 Å². The fourth-order valence-corrected chi connectivity index (χ4v) is 15.9. The second-order valence-electron chi connectivity index (χ2n) is 25.2. The molecule has 4 aliphatic rings. The Hall–Kier alpha value is -12.9. The van der Waals surface area contributed by atoms with Crippen molar-refractivity contribution in [3.05, 3.63) is 364 Å². The molecule has 0 bridgehead atoms. The molecule has 19 rings (SSSR count). The minimum atomic E-state index is -0.262. The lowest BCUT2D eigenvalue weighted by Crippen LogP contribution is -2.65. The first-order chi connectivity index (χ1) is 48.7. The Labute approximate surface area is 571 Å². The summed E-state index contributed by atoms with van der Waals surface area (Å²) in [7, 11) is 0. The molecule has 2 aromatic heterocycles. The molecule has 0 unspecified atom stereocenters. The van der Waals surface area contributed by atoms with E-state index in [0.29, 0.717) is 0 Å². The highest BCUT2D eigenvalue weighted by Gasteiger charge is 2.49. The minimum absolute atomic E-state index is 0.223. The predicted molar refractivity (Wildman–Crippen MR) is 410 cm³/mol. The van der Waals surface area contributed by atoms with E-state index < -0.39 is 0 Å². The molecule has 458 valence electrons. The third-order valence-corrected chi connectivity index (χ3v) is 19.8. The fourth-order valence-electron chi connectivity index (χ4n) is 15.9. The summed E-state index contributed by atoms with van der Waals surface area (Å²) in [5, 5.41) is 0. The van der Waals surface area contributed by atoms with Crippen LogP contribution in [0.2, 0.25) is 0 Å². The molecule has 13 aromatic carbocycles. The highest BCUT2D eigenvalue weighted by Crippen LogP contribution is 2.54. The fraction of sp³-hybridized carbons (Fsp3) is 0. The molecule has 0 saturated carbocycles. The van der Waals surface area contributed by atoms with E-state index in [0.717, 1.165) is 125 Å². The van der Waals surface area contributed by atoms with Crippen LogP contribution in [-0.4, -0.2) is 23.4 Å². The van der Waals surface area contributed by atoms with Gasteiger partial charge in [0.05, 0.1) is 28.5 Å². The molecule has 0 radical (unpaired) electrons. The van der Waals surface area contributed by atoms with E-state index in [1.54, 1.807) is 0 Å². The number of hydrogen-bond donors (Lipinski definition) is 0. The molecule has 0 aliphatic carbocycles. The molecule has 4 aliphatic heterocycles. The Kier molecular flexibility index (Phi) is 13.6. The smallest absolute Gasteiger partial charge is 0.252 e. The lowest BCUT2D eigenvalue weighted by Gasteiger charge is -2.48. The van der Waals surface area contributed by atoms with Gasteiger partial charge in [-0.2, -0.15) is 0 Å². The first-order valence-corrected chi connectivity index (χ1v) is 33.5. The van der Waals surface area contributed by atoms with Crippen molar-refractivity contribution in [2.24, 2.45) is 0 Å². The molecule has 6 heterocycles. The summed E-state index contributed by atoms with van der Waals surface area (Å²) < 4.78 is 0. The van der Waals surface area contributed by atoms with Crippen LogP contribution in [-0.2, 0) is 0 Å². The van der Waals surface area contributed by atoms with Gasteiger partial charge in [0.25, 0.3) is 13.4 Å². The monoisotopic (exact) mass is 1250 g/mol. The van der Waals surface area contributed by atoms with Crippen molar-refractivity contribution in [1.82, 2.24) is 9.97 Å². The van der Waals surface area contributed by atoms with Crippen molar-refractivity contribution in [3.8, 4) is 22.5 Å². The second kappa shape index (κ2) is 23.5. The third kappa shape index (κ3) is 9.17. The summed E-state index contributed by atoms with van der Waals surface area (Å²) in [5.41, 5.74) is 30.0. The number of nitrogens with zero attached hydrogens (tertiary/aromatic N) is 8. The Morgan fingerprint density at radius 1 is 0.224 bits per heavy atom. The van der Waals surface area contributed by atoms with Crippen molar-refractivity contribution in [3.63, 3.8) is 0 Å². The van der Waals surface area contributed by atoms with Crippen LogP contribution >= 0.6 is 0 Å². The SMILES string of the molecule is c1ccc(N(c2ccccc2)c2cc3c4c(c2)N(c2ccccc2)c2cc5c(cc2B4c2ccccc2N3c2ccccc2)B2c3ccccc3N(c3ccccc3)c3cc(N(c4ccccc4)c4ccccc4)cc(c32)N5c2c(-c3ccccn3)cccc2-c2ccccn2)cc1. The highest BCUT2D eigenvalue weighted by atomic mass is 15.2. The Morgan fingerprint density at radius 3 is 0.908 bits per heavy atom. The van der Waals surface area contributed by atoms with E-state index in [-0.39, 0.29) is 13.4 Å². The molecule has 0 amide bonds. The van der Waals surface area contributed by atoms with Crippen LogP contribution in [0.5, 0.6) is 0 Å². The Bertz CT molecular complexity index is 5350. The van der Waals surface area contributed by atoms with Crippen LogP contribution in [0.3, 0.4) is 0 Å². The maximum Gasteiger partial charge on any atom is 0.252 e. The highest BCUT2D eigenvalue weighted by molar-refractivity contribution is 7.03. The van der Waals surface area contributed by atoms with E-state index >= 15 is 0 Å². The van der Waals surface area contributed by atoms with Gasteiger partial charge < -0.3 is 29.4 Å². The van der Waals surface area contributed by atoms with E-state index in [4.69, 9.17) is 9.97 Å². The number of hydrogen-bond acceptors (Lipinski definition) is 8. The zero-order valence-corrected chi connectivity index (χ0v) is 53.4. The van der Waals surface area contributed by atoms with Crippen LogP contribution in [0.25, 0.3) is 22.5 Å². The predicted octanol–water partition coefficient (Wildman–Crippen LogP) is 18.9. The average Bonchev–Trinajstić information content (AvgIpc) is 0.684. The molecule has 15 aromatic rings. The molecule has 0 atom stereocenters. The molecular formula is C88H60B2N8. The molecular weight excluding hydrogens is 1190 g/mol. The van der Waals surface area contributed by atoms with Gasteiger partial charge in [-0.1, -0.05) is 200 Å². The summed E-state index contributed by atoms with van der Waals surface area (Å²) >= 11 is 0. The van der Waals surface area contributed by atoms with Gasteiger partial charge in [-0.15, -0.1) is 0 Å². The molecule has 10 heteroatoms. The topological polar surface area (TPSA) is 45.2 Å². The number of fused-ring (bicyclic) bond motifs is 8. The van der Waals surface area contributed by atoms with Crippen LogP contribution < -0.4 is 62.2 Å². The van der Waals surface area contributed by atoms with Crippen molar-refractivity contribution < 1.29 is 0 Å². The third-order valence-electron chi connectivity index (χ3n) is 19.8. The average molecular weight is 1250 g/mol. The maximum absolute atomic E-state index is 5.24. The number of aromatic nitrogens is 2. The number of benzene rings is 13. The van der Waals surface area contributed by atoms with Crippen LogP contribution in [0.4, 0.5) is 102 Å². The van der Waals surface area contributed by atoms with Crippen LogP contribution in [0, 0.1) is 0 Å². The van der Waals surface area contributed by atoms with E-state index in [9.17, 15) is 0 Å². The zero-order chi connectivity index (χ0) is 64.6. The van der Waals surface area contributed by atoms with Gasteiger partial charge in [0.1, 0.15) is 0 Å². The summed E-state index contributed by atoms with van der Waals surface area (Å²) in [6, 6.07) is 129. The molecule has 98 heavy (non-hydrogen) atoms. The van der Waals surface area contributed by atoms with Crippen molar-refractivity contribution in [2.75, 3.05) is 29.4 Å². The molecule has 0 fully saturated rings. The van der Waals surface area contributed by atoms with Crippen LogP contribution in [0.15, 0.2) is 364 Å². The zero-order valence-electron chi connectivity index (χ0n) is 53.4. The van der Waals surface area contributed by atoms with Crippen LogP contribution in [0.1, 0.15) is 0 Å². The van der Waals surface area contributed by atoms with Gasteiger partial charge in [-0.25, -0.2) is 0 Å². The number of para-hydroxylation sites is 10. The first-order valence-electron chi connectivity index (χ1n) is 33.5. The number of rotatable bonds is 12. The Balaban J connectivity index is 0.980. The largest absolute Gasteiger partial charge is 0.311 e. The van der Waals surface area contributed by atoms with Crippen molar-refractivity contribution in [1.29, 1.82) is 0 Å². The lowest BCUT2D eigenvalue weighted by molar-refractivity contribution is 1.21. The van der Waals surface area contributed by atoms with E-state index in [2.05, 4.69) is 369 Å². The normalized spacial score (nSPS) is 12.8. The minimum Gasteiger partial charge on any atom is -0.311 e. The van der Waals surface area contributed by atoms with Gasteiger partial charge in [0, 0.05) is 109 Å². The summed E-state index contributed by atoms with van der Waals surface area (Å²) in [6.45, 7) is -0.485. The second-order valence-corrected chi connectivity index (χ2v) is 25.2. The number of anilines is 18. The van der Waals surface area contributed by atoms with Crippen molar-refractivity contribution >= 4 is 149 Å². The molecule has 0 N–H and O–H groups in total. The first kappa shape index (κ1) is 56.6. The van der Waals surface area contributed by atoms with Gasteiger partial charge >= 0.3 is 0 Å². The molecule has 8 nitrogen and oxygen atoms in total. The summed E-state index contributed by atoms with van der Waals surface area (Å²) in [4.78, 5) is 25.5. The summed E-state index contributed by atoms with van der Waals surface area (Å²) in [6.07, 6.45) is 3.82. The standard InChI is InChI=1S/C88H60B2N8/c1-8-31-61(32-9-1)93(62-33-10-2-11-34-62)68-55-82-86-84(57-68)97(67-43-20-7-21-44-67)80-60-81-75(59-74(80)89(86)72-47-22-24-51-78(72)95(82)65-39-16-5-17-40-65)90-73-48-23-25-52-79(73)96(66-41-18-6-19-42-66)83-56-69(94(63-35-12-3-13-36-63)64-37-14-4-15-38-64)58-85(87(83)90)98(81)88-70(76-49-26-28-53-91-76)45-30-46-71(88)77-50-27-29-54-92-77/h1-60H. The van der Waals surface area contributed by atoms with E-state index in [1.807, 2.05) is 24.5 Å². The van der Waals surface area contributed by atoms with E-state index in [1.165, 1.54) is 32.8 Å². The van der Waals surface area contributed by atoms with Gasteiger partial charge in [0.2, 0.25) is 0 Å². The lowest BCUT2D eigenvalue weighted by atomic mass is 9.30.